The number of rotatable bonds is 32. The molecular weight excluding hydrogens is 1840 g/mol. The van der Waals surface area contributed by atoms with Crippen LogP contribution in [0.3, 0.4) is 0 Å². The lowest BCUT2D eigenvalue weighted by molar-refractivity contribution is -0.697. The lowest BCUT2D eigenvalue weighted by atomic mass is 10.1. The van der Waals surface area contributed by atoms with Gasteiger partial charge in [-0.25, -0.2) is 46.0 Å². The highest BCUT2D eigenvalue weighted by Gasteiger charge is 2.37. The van der Waals surface area contributed by atoms with E-state index in [-0.39, 0.29) is 23.6 Å². The molecule has 4 amide bonds. The summed E-state index contributed by atoms with van der Waals surface area (Å²) in [5.74, 6) is -0.852. The van der Waals surface area contributed by atoms with Crippen LogP contribution in [0, 0.1) is 6.92 Å². The predicted octanol–water partition coefficient (Wildman–Crippen LogP) is 16.6. The Bertz CT molecular complexity index is 7240. The van der Waals surface area contributed by atoms with E-state index in [0.29, 0.717) is 88.3 Å². The topological polar surface area (TPSA) is 409 Å². The largest absolute Gasteiger partial charge is 0.397 e. The molecule has 0 spiro atoms. The van der Waals surface area contributed by atoms with Crippen LogP contribution in [0.2, 0.25) is 0 Å². The van der Waals surface area contributed by atoms with E-state index in [4.69, 9.17) is 34.6 Å². The number of nitrogen functional groups attached to an aromatic ring is 1. The summed E-state index contributed by atoms with van der Waals surface area (Å²) in [5, 5.41) is 47.2. The minimum atomic E-state index is -0.230. The van der Waals surface area contributed by atoms with Crippen molar-refractivity contribution in [1.29, 1.82) is 0 Å². The summed E-state index contributed by atoms with van der Waals surface area (Å²) in [7, 11) is 0. The molecule has 8 aromatic carbocycles. The third-order valence-electron chi connectivity index (χ3n) is 24.9. The van der Waals surface area contributed by atoms with E-state index in [9.17, 15) is 24.0 Å². The van der Waals surface area contributed by atoms with Gasteiger partial charge in [0.1, 0.15) is 39.6 Å². The molecule has 0 saturated carbocycles. The van der Waals surface area contributed by atoms with Crippen molar-refractivity contribution in [3.63, 3.8) is 0 Å². The van der Waals surface area contributed by atoms with Gasteiger partial charge < -0.3 is 36.0 Å². The van der Waals surface area contributed by atoms with Crippen molar-refractivity contribution in [2.75, 3.05) is 115 Å². The first-order valence-corrected chi connectivity index (χ1v) is 48.8. The molecule has 0 radical (unpaired) electrons. The van der Waals surface area contributed by atoms with Crippen LogP contribution in [-0.2, 0) is 26.2 Å². The summed E-state index contributed by atoms with van der Waals surface area (Å²) in [6.07, 6.45) is 30.2. The van der Waals surface area contributed by atoms with Crippen molar-refractivity contribution in [3.05, 3.63) is 298 Å². The molecule has 20 rings (SSSR count). The smallest absolute Gasteiger partial charge is 0.261 e. The summed E-state index contributed by atoms with van der Waals surface area (Å²) >= 11 is 0. The number of nitrogens with zero attached hydrogens (tertiary/aromatic N) is 23. The van der Waals surface area contributed by atoms with Gasteiger partial charge in [0, 0.05) is 143 Å². The van der Waals surface area contributed by atoms with Crippen LogP contribution in [0.1, 0.15) is 173 Å². The van der Waals surface area contributed by atoms with Crippen LogP contribution in [0.4, 0.5) is 34.1 Å². The Labute approximate surface area is 838 Å². The number of aryl methyl sites for hydroxylation is 2. The second-order valence-electron chi connectivity index (χ2n) is 33.5. The first kappa shape index (κ1) is 104. The highest BCUT2D eigenvalue weighted by Crippen LogP contribution is 2.34. The van der Waals surface area contributed by atoms with Crippen molar-refractivity contribution < 1.29 is 70.0 Å². The number of carbonyl (C=O) groups is 5. The van der Waals surface area contributed by atoms with Gasteiger partial charge in [-0.2, -0.15) is 0 Å². The van der Waals surface area contributed by atoms with Crippen molar-refractivity contribution in [3.8, 4) is 0 Å². The number of amides is 4. The zero-order valence-corrected chi connectivity index (χ0v) is 83.6. The average molecular weight is 1960 g/mol. The van der Waals surface area contributed by atoms with Gasteiger partial charge in [0.2, 0.25) is 0 Å². The highest BCUT2D eigenvalue weighted by atomic mass is 16.6. The minimum Gasteiger partial charge on any atom is -0.397 e. The standard InChI is InChI=1S/C27H26N5O3.C20H25N4O.C19H24N5O.C16H15N2O2.C11H13N3O2.C10H13N3O.C6H5N3O/c1-3-31(4-2)23-12-11-20(24-25(23)29-35-28-24)10-9-19-13-15-30(16-14-19)17-18-32-26(33)21-7-5-6-8-22(21)27(32)34;1-4-13-23-14-11-16(12-15-23)7-8-17-9-10-18(24(5-2)6-3)20-19(17)21-25-22-20;1-3-24(4-2)17-8-7-16(18-19(17)22-25-21-18)6-5-15-9-12-23(13-10-15)14-11-20;1-12-6-8-17(9-7-12)10-11-18-15(19)13-4-2-3-5-14(13)16(18)20;1-3-14(4-2)9-6-5-8(7-15)10-11(9)13-16-12-10;1-3-13(4-2)9-7-5-6-8-10(9)12-14-11-8;7-4-2-1-3-5-6(4)9-10-8-5/h5-16H,3-4,17-18H2,1-2H3;7-12,14-15H,4-6,13H2,1-3H3;5-10,12-13H,3-4,11,14,20H2,1-2H3;2-9H,10-11H2,1H3;5-7H,3-4H2,1-2H3;5-7H,3-4H2,1-2H3;1-3H,7H2/q4*+1;;;. The Morgan fingerprint density at radius 1 is 0.290 bits per heavy atom. The Hall–Kier alpha value is -17.3. The summed E-state index contributed by atoms with van der Waals surface area (Å²) in [4.78, 5) is 74.0. The molecule has 0 bridgehead atoms. The van der Waals surface area contributed by atoms with Crippen LogP contribution in [0.15, 0.2) is 259 Å². The molecule has 10 aromatic heterocycles. The molecule has 0 saturated heterocycles. The summed E-state index contributed by atoms with van der Waals surface area (Å²) < 4.78 is 37.1. The van der Waals surface area contributed by atoms with Crippen molar-refractivity contribution >= 4 is 167 Å². The fourth-order valence-corrected chi connectivity index (χ4v) is 16.9. The average Bonchev–Trinajstić information content (AvgIpc) is 1.48. The van der Waals surface area contributed by atoms with E-state index in [2.05, 4.69) is 262 Å². The van der Waals surface area contributed by atoms with E-state index >= 15 is 0 Å². The second kappa shape index (κ2) is 50.7. The fourth-order valence-electron chi connectivity index (χ4n) is 16.9. The van der Waals surface area contributed by atoms with E-state index < -0.39 is 0 Å². The molecule has 18 aromatic rings. The molecule has 2 aliphatic heterocycles. The van der Waals surface area contributed by atoms with Crippen LogP contribution in [0.5, 0.6) is 0 Å². The first-order valence-electron chi connectivity index (χ1n) is 48.8. The van der Waals surface area contributed by atoms with Crippen LogP contribution < -0.4 is 54.2 Å². The molecule has 0 fully saturated rings. The number of hydrogen-bond acceptors (Lipinski definition) is 30. The summed E-state index contributed by atoms with van der Waals surface area (Å²) in [5.41, 5.74) is 35.6. The lowest BCUT2D eigenvalue weighted by Gasteiger charge is -2.20. The maximum atomic E-state index is 12.5. The number of anilines is 6. The molecular formula is C109H121N25O11+4. The van der Waals surface area contributed by atoms with Crippen molar-refractivity contribution in [2.45, 2.75) is 116 Å². The van der Waals surface area contributed by atoms with Crippen LogP contribution in [-0.4, -0.2) is 187 Å². The third-order valence-corrected chi connectivity index (χ3v) is 24.9. The monoisotopic (exact) mass is 1960 g/mol. The molecule has 0 aliphatic carbocycles. The van der Waals surface area contributed by atoms with Crippen LogP contribution >= 0.6 is 0 Å². The number of aromatic nitrogens is 16. The molecule has 12 heterocycles. The van der Waals surface area contributed by atoms with Gasteiger partial charge in [-0.15, -0.1) is 0 Å². The second-order valence-corrected chi connectivity index (χ2v) is 33.5. The SMILES string of the molecule is CCC[n+]1ccc(/C=C/c2ccc(N(CC)CC)c3nonc23)cc1.CCN(CC)c1ccc(/C=C/c2cc[n+](CCN)cc2)c2nonc12.CCN(CC)c1ccc(/C=C/c2cc[n+](CCN3C(=O)c4ccccc4C3=O)cc2)c2nonc12.CCN(CC)c1ccc(C=O)c2nonc12.CCN(CC)c1cccc2nonc12.Cc1cc[n+](CCN2C(=O)c3ccccc3C2=O)cc1.Nc1cccc2nonc12. The number of benzene rings is 8. The Balaban J connectivity index is 0.000000138. The number of carbonyl (C=O) groups excluding carboxylic acids is 5. The Morgan fingerprint density at radius 3 is 0.890 bits per heavy atom. The highest BCUT2D eigenvalue weighted by molar-refractivity contribution is 6.22. The van der Waals surface area contributed by atoms with Crippen molar-refractivity contribution in [2.24, 2.45) is 5.73 Å². The van der Waals surface area contributed by atoms with E-state index in [1.807, 2.05) is 132 Å². The lowest BCUT2D eigenvalue weighted by Crippen LogP contribution is -2.42. The van der Waals surface area contributed by atoms with Gasteiger partial charge in [-0.05, 0) is 239 Å². The van der Waals surface area contributed by atoms with Gasteiger partial charge in [0.25, 0.3) is 23.6 Å². The van der Waals surface area contributed by atoms with E-state index in [0.717, 1.165) is 197 Å². The number of hydrogen-bond donors (Lipinski definition) is 2. The van der Waals surface area contributed by atoms with E-state index in [1.165, 1.54) is 15.4 Å². The first-order chi connectivity index (χ1) is 70.8. The Morgan fingerprint density at radius 2 is 0.566 bits per heavy atom. The van der Waals surface area contributed by atoms with Gasteiger partial charge in [0.05, 0.1) is 76.0 Å². The van der Waals surface area contributed by atoms with Crippen LogP contribution in [0.25, 0.3) is 103 Å². The molecule has 145 heavy (non-hydrogen) atoms. The maximum absolute atomic E-state index is 12.5. The third kappa shape index (κ3) is 24.8. The number of nitrogens with two attached hydrogens (primary N) is 2. The quantitative estimate of drug-likeness (QED) is 0.0171. The van der Waals surface area contributed by atoms with Gasteiger partial charge >= 0.3 is 0 Å². The molecule has 36 heteroatoms. The molecule has 2 aliphatic rings. The molecule has 0 atom stereocenters. The summed E-state index contributed by atoms with van der Waals surface area (Å²) in [6, 6.07) is 57.6. The maximum Gasteiger partial charge on any atom is 0.261 e. The Kier molecular flexibility index (Phi) is 36.2. The van der Waals surface area contributed by atoms with Gasteiger partial charge in [-0.1, -0.05) is 98.0 Å². The zero-order valence-electron chi connectivity index (χ0n) is 83.6. The number of imide groups is 2. The molecule has 744 valence electrons. The fraction of sp³-hybridized carbons (Fsp3) is 0.275. The number of pyridine rings is 4. The van der Waals surface area contributed by atoms with Gasteiger partial charge in [0.15, 0.2) is 109 Å². The van der Waals surface area contributed by atoms with Gasteiger partial charge in [-0.3, -0.25) is 33.8 Å². The molecule has 0 unspecified atom stereocenters. The minimum absolute atomic E-state index is 0.196. The molecule has 4 N–H and O–H groups in total. The zero-order chi connectivity index (χ0) is 102. The number of aldehydes is 1. The summed E-state index contributed by atoms with van der Waals surface area (Å²) in [6.45, 7) is 38.8. The van der Waals surface area contributed by atoms with Crippen molar-refractivity contribution in [1.82, 2.24) is 71.7 Å². The van der Waals surface area contributed by atoms with E-state index in [1.54, 1.807) is 66.7 Å². The number of fused-ring (bicyclic) bond motifs is 8. The normalized spacial score (nSPS) is 12.0. The molecule has 36 nitrogen and oxygen atoms in total. The predicted molar refractivity (Wildman–Crippen MR) is 559 cm³/mol.